The number of hydrogen-bond acceptors (Lipinski definition) is 5. The van der Waals surface area contributed by atoms with E-state index in [1.54, 1.807) is 24.5 Å². The lowest BCUT2D eigenvalue weighted by atomic mass is 9.98. The number of benzene rings is 2. The second-order valence-corrected chi connectivity index (χ2v) is 8.95. The number of thiazole rings is 1. The maximum Gasteiger partial charge on any atom is 0.254 e. The Morgan fingerprint density at radius 2 is 2.17 bits per heavy atom. The van der Waals surface area contributed by atoms with Gasteiger partial charge in [0, 0.05) is 24.6 Å². The molecule has 1 aliphatic heterocycles. The van der Waals surface area contributed by atoms with E-state index in [4.69, 9.17) is 14.5 Å². The summed E-state index contributed by atoms with van der Waals surface area (Å²) in [6.45, 7) is 3.89. The van der Waals surface area contributed by atoms with Crippen LogP contribution in [0.15, 0.2) is 40.9 Å². The van der Waals surface area contributed by atoms with Crippen molar-refractivity contribution < 1.29 is 14.3 Å². The molecule has 3 aromatic rings. The molecule has 0 aliphatic carbocycles. The molecule has 1 atom stereocenters. The Bertz CT molecular complexity index is 1000. The summed E-state index contributed by atoms with van der Waals surface area (Å²) in [6, 6.07) is 11.8. The predicted molar refractivity (Wildman–Crippen MR) is 119 cm³/mol. The molecule has 1 aliphatic rings. The van der Waals surface area contributed by atoms with Crippen LogP contribution in [0.5, 0.6) is 11.5 Å². The minimum Gasteiger partial charge on any atom is -0.493 e. The Hall–Kier alpha value is -2.12. The first-order valence-electron chi connectivity index (χ1n) is 9.75. The lowest BCUT2D eigenvalue weighted by Crippen LogP contribution is -2.39. The number of para-hydroxylation sites is 1. The highest BCUT2D eigenvalue weighted by atomic mass is 79.9. The van der Waals surface area contributed by atoms with Crippen LogP contribution in [0.25, 0.3) is 10.2 Å². The molecular weight excluding hydrogens is 452 g/mol. The van der Waals surface area contributed by atoms with E-state index >= 15 is 0 Å². The van der Waals surface area contributed by atoms with Crippen molar-refractivity contribution in [1.29, 1.82) is 0 Å². The third kappa shape index (κ3) is 4.12. The molecule has 1 amide bonds. The number of aromatic nitrogens is 1. The molecule has 7 heteroatoms. The molecule has 2 aromatic carbocycles. The minimum absolute atomic E-state index is 0.0119. The molecule has 2 heterocycles. The van der Waals surface area contributed by atoms with Crippen LogP contribution in [0.4, 0.5) is 0 Å². The predicted octanol–water partition coefficient (Wildman–Crippen LogP) is 5.49. The van der Waals surface area contributed by atoms with Gasteiger partial charge in [0.05, 0.1) is 33.4 Å². The number of halogens is 1. The average molecular weight is 475 g/mol. The quantitative estimate of drug-likeness (QED) is 0.490. The topological polar surface area (TPSA) is 51.7 Å². The number of hydrogen-bond donors (Lipinski definition) is 0. The van der Waals surface area contributed by atoms with E-state index in [1.807, 2.05) is 36.1 Å². The zero-order valence-electron chi connectivity index (χ0n) is 16.5. The summed E-state index contributed by atoms with van der Waals surface area (Å²) in [5, 5.41) is 1.12. The number of carbonyl (C=O) groups is 1. The number of fused-ring (bicyclic) bond motifs is 1. The Balaban J connectivity index is 1.56. The largest absolute Gasteiger partial charge is 0.493 e. The van der Waals surface area contributed by atoms with Crippen LogP contribution >= 0.6 is 27.3 Å². The van der Waals surface area contributed by atoms with Crippen molar-refractivity contribution in [3.8, 4) is 11.5 Å². The summed E-state index contributed by atoms with van der Waals surface area (Å²) in [4.78, 5) is 20.0. The summed E-state index contributed by atoms with van der Waals surface area (Å²) in [5.41, 5.74) is 1.64. The van der Waals surface area contributed by atoms with Gasteiger partial charge in [0.25, 0.3) is 5.91 Å². The summed E-state index contributed by atoms with van der Waals surface area (Å²) >= 11 is 5.25. The van der Waals surface area contributed by atoms with Gasteiger partial charge >= 0.3 is 0 Å². The number of rotatable bonds is 5. The zero-order valence-corrected chi connectivity index (χ0v) is 18.9. The van der Waals surface area contributed by atoms with Gasteiger partial charge in [-0.15, -0.1) is 11.3 Å². The van der Waals surface area contributed by atoms with E-state index in [0.717, 1.165) is 34.4 Å². The zero-order chi connectivity index (χ0) is 20.4. The van der Waals surface area contributed by atoms with E-state index in [0.29, 0.717) is 30.2 Å². The van der Waals surface area contributed by atoms with Gasteiger partial charge in [0.1, 0.15) is 0 Å². The molecule has 1 saturated heterocycles. The molecule has 0 N–H and O–H groups in total. The van der Waals surface area contributed by atoms with Crippen molar-refractivity contribution in [2.75, 3.05) is 26.8 Å². The van der Waals surface area contributed by atoms with E-state index in [-0.39, 0.29) is 11.8 Å². The SMILES string of the molecule is CCOc1c(Br)cc(C(=O)N2CCCC(c3nc4ccccc4s3)C2)cc1OC. The highest BCUT2D eigenvalue weighted by molar-refractivity contribution is 9.10. The van der Waals surface area contributed by atoms with Crippen molar-refractivity contribution in [2.24, 2.45) is 0 Å². The molecule has 152 valence electrons. The van der Waals surface area contributed by atoms with Crippen molar-refractivity contribution in [1.82, 2.24) is 9.88 Å². The number of likely N-dealkylation sites (tertiary alicyclic amines) is 1. The van der Waals surface area contributed by atoms with Crippen molar-refractivity contribution in [3.63, 3.8) is 0 Å². The van der Waals surface area contributed by atoms with Gasteiger partial charge in [-0.3, -0.25) is 4.79 Å². The van der Waals surface area contributed by atoms with Crippen LogP contribution in [0, 0.1) is 0 Å². The first-order chi connectivity index (χ1) is 14.1. The van der Waals surface area contributed by atoms with Gasteiger partial charge in [0.15, 0.2) is 11.5 Å². The minimum atomic E-state index is 0.0119. The summed E-state index contributed by atoms with van der Waals surface area (Å²) in [5.74, 6) is 1.47. The fourth-order valence-corrected chi connectivity index (χ4v) is 5.39. The number of carbonyl (C=O) groups excluding carboxylic acids is 1. The van der Waals surface area contributed by atoms with Gasteiger partial charge in [-0.05, 0) is 60.0 Å². The Morgan fingerprint density at radius 3 is 2.93 bits per heavy atom. The maximum atomic E-state index is 13.2. The van der Waals surface area contributed by atoms with Gasteiger partial charge in [-0.1, -0.05) is 12.1 Å². The number of nitrogens with zero attached hydrogens (tertiary/aromatic N) is 2. The molecule has 1 aromatic heterocycles. The standard InChI is InChI=1S/C22H23BrN2O3S/c1-3-28-20-16(23)11-15(12-18(20)27-2)22(26)25-10-6-7-14(13-25)21-24-17-8-4-5-9-19(17)29-21/h4-5,8-9,11-12,14H,3,6-7,10,13H2,1-2H3. The van der Waals surface area contributed by atoms with Crippen LogP contribution in [0.2, 0.25) is 0 Å². The lowest BCUT2D eigenvalue weighted by Gasteiger charge is -2.32. The second kappa shape index (κ2) is 8.71. The van der Waals surface area contributed by atoms with E-state index in [1.165, 1.54) is 4.70 Å². The average Bonchev–Trinajstić information content (AvgIpc) is 3.19. The molecule has 0 saturated carbocycles. The summed E-state index contributed by atoms with van der Waals surface area (Å²) in [6.07, 6.45) is 2.03. The first kappa shape index (κ1) is 20.2. The smallest absolute Gasteiger partial charge is 0.254 e. The third-order valence-electron chi connectivity index (χ3n) is 5.13. The van der Waals surface area contributed by atoms with Gasteiger partial charge in [-0.25, -0.2) is 4.98 Å². The number of piperidine rings is 1. The molecule has 5 nitrogen and oxygen atoms in total. The fourth-order valence-electron chi connectivity index (χ4n) is 3.74. The molecule has 29 heavy (non-hydrogen) atoms. The van der Waals surface area contributed by atoms with Crippen LogP contribution in [-0.2, 0) is 0 Å². The van der Waals surface area contributed by atoms with Crippen molar-refractivity contribution in [2.45, 2.75) is 25.7 Å². The monoisotopic (exact) mass is 474 g/mol. The van der Waals surface area contributed by atoms with Crippen LogP contribution in [0.1, 0.15) is 41.0 Å². The normalized spacial score (nSPS) is 16.8. The summed E-state index contributed by atoms with van der Waals surface area (Å²) < 4.78 is 13.0. The van der Waals surface area contributed by atoms with Crippen molar-refractivity contribution in [3.05, 3.63) is 51.4 Å². The number of ether oxygens (including phenoxy) is 2. The third-order valence-corrected chi connectivity index (χ3v) is 6.92. The Labute approximate surface area is 182 Å². The Morgan fingerprint density at radius 1 is 1.34 bits per heavy atom. The van der Waals surface area contributed by atoms with Gasteiger partial charge in [0.2, 0.25) is 0 Å². The van der Waals surface area contributed by atoms with E-state index in [2.05, 4.69) is 22.0 Å². The number of amides is 1. The molecule has 0 radical (unpaired) electrons. The van der Waals surface area contributed by atoms with E-state index < -0.39 is 0 Å². The van der Waals surface area contributed by atoms with Crippen LogP contribution < -0.4 is 9.47 Å². The fraction of sp³-hybridized carbons (Fsp3) is 0.364. The molecule has 0 spiro atoms. The molecule has 1 unspecified atom stereocenters. The molecule has 4 rings (SSSR count). The Kier molecular flexibility index (Phi) is 6.06. The molecule has 0 bridgehead atoms. The van der Waals surface area contributed by atoms with E-state index in [9.17, 15) is 4.79 Å². The highest BCUT2D eigenvalue weighted by Gasteiger charge is 2.28. The van der Waals surface area contributed by atoms with Crippen molar-refractivity contribution >= 4 is 43.4 Å². The highest BCUT2D eigenvalue weighted by Crippen LogP contribution is 2.38. The van der Waals surface area contributed by atoms with Crippen LogP contribution in [-0.4, -0.2) is 42.6 Å². The van der Waals surface area contributed by atoms with Crippen LogP contribution in [0.3, 0.4) is 0 Å². The number of methoxy groups -OCH3 is 1. The molecule has 1 fully saturated rings. The lowest BCUT2D eigenvalue weighted by molar-refractivity contribution is 0.0706. The van der Waals surface area contributed by atoms with Gasteiger partial charge in [-0.2, -0.15) is 0 Å². The maximum absolute atomic E-state index is 13.2. The summed E-state index contributed by atoms with van der Waals surface area (Å²) in [7, 11) is 1.59. The first-order valence-corrected chi connectivity index (χ1v) is 11.4. The molecular formula is C22H23BrN2O3S. The second-order valence-electron chi connectivity index (χ2n) is 7.03. The van der Waals surface area contributed by atoms with Gasteiger partial charge < -0.3 is 14.4 Å².